The lowest BCUT2D eigenvalue weighted by atomic mass is 9.82. The Morgan fingerprint density at radius 2 is 1.74 bits per heavy atom. The van der Waals surface area contributed by atoms with E-state index in [-0.39, 0.29) is 12.5 Å². The van der Waals surface area contributed by atoms with Gasteiger partial charge in [0.1, 0.15) is 11.4 Å². The molecule has 4 aromatic rings. The monoisotopic (exact) mass is 509 g/mol. The van der Waals surface area contributed by atoms with Gasteiger partial charge in [0.2, 0.25) is 5.89 Å². The van der Waals surface area contributed by atoms with Gasteiger partial charge >= 0.3 is 5.97 Å². The highest BCUT2D eigenvalue weighted by molar-refractivity contribution is 5.79. The Morgan fingerprint density at radius 3 is 2.47 bits per heavy atom. The number of oxazole rings is 1. The zero-order valence-electron chi connectivity index (χ0n) is 21.4. The molecule has 0 radical (unpaired) electrons. The van der Waals surface area contributed by atoms with E-state index in [0.29, 0.717) is 37.5 Å². The van der Waals surface area contributed by atoms with Gasteiger partial charge in [-0.05, 0) is 49.8 Å². The zero-order valence-corrected chi connectivity index (χ0v) is 21.4. The lowest BCUT2D eigenvalue weighted by Gasteiger charge is -2.26. The highest BCUT2D eigenvalue weighted by atomic mass is 16.6. The number of carbonyl (C=O) groups is 1. The maximum atomic E-state index is 11.7. The molecule has 0 amide bonds. The fraction of sp³-hybridized carbons (Fsp3) is 0.250. The lowest BCUT2D eigenvalue weighted by molar-refractivity contribution is -0.145. The number of aromatic nitrogens is 1. The molecular weight excluding hydrogens is 478 g/mol. The minimum Gasteiger partial charge on any atom is -0.482 e. The normalized spacial score (nSPS) is 17.1. The van der Waals surface area contributed by atoms with E-state index in [2.05, 4.69) is 6.08 Å². The van der Waals surface area contributed by atoms with Crippen molar-refractivity contribution in [2.24, 2.45) is 5.92 Å². The second kappa shape index (κ2) is 11.9. The summed E-state index contributed by atoms with van der Waals surface area (Å²) < 4.78 is 17.1. The van der Waals surface area contributed by atoms with Crippen molar-refractivity contribution in [3.63, 3.8) is 0 Å². The average Bonchev–Trinajstić information content (AvgIpc) is 3.39. The second-order valence-electron chi connectivity index (χ2n) is 9.36. The summed E-state index contributed by atoms with van der Waals surface area (Å²) >= 11 is 0. The third-order valence-corrected chi connectivity index (χ3v) is 6.61. The second-order valence-corrected chi connectivity index (χ2v) is 9.36. The number of nitrogens with zero attached hydrogens (tertiary/aromatic N) is 1. The van der Waals surface area contributed by atoms with Crippen LogP contribution in [0, 0.1) is 5.92 Å². The number of benzene rings is 3. The smallest absolute Gasteiger partial charge is 0.344 e. The Hall–Kier alpha value is -4.16. The van der Waals surface area contributed by atoms with Crippen LogP contribution < -0.4 is 4.74 Å². The summed E-state index contributed by atoms with van der Waals surface area (Å²) in [7, 11) is 0. The molecular formula is C32H31NO5. The first kappa shape index (κ1) is 25.5. The van der Waals surface area contributed by atoms with Crippen LogP contribution in [0.3, 0.4) is 0 Å². The number of aliphatic hydroxyl groups is 1. The summed E-state index contributed by atoms with van der Waals surface area (Å²) in [5.74, 6) is 1.52. The fourth-order valence-electron chi connectivity index (χ4n) is 4.85. The molecule has 3 aromatic carbocycles. The van der Waals surface area contributed by atoms with Gasteiger partial charge in [-0.2, -0.15) is 0 Å². The molecule has 0 saturated heterocycles. The van der Waals surface area contributed by atoms with Crippen LogP contribution in [0.1, 0.15) is 31.2 Å². The minimum absolute atomic E-state index is 0.00459. The standard InChI is InChI=1S/C32H31NO5/c1-2-36-29(35)21-37-27-15-9-10-22(19-27)18-25-20-26(34)16-17-28(25)32-33-30(23-11-5-3-6-12-23)31(38-32)24-13-7-4-8-14-24/h3-15,17,19,25-26,34H,2,16,18,20-21H2,1H3/t25-,26+/m1/s1. The molecule has 2 atom stereocenters. The van der Waals surface area contributed by atoms with Crippen LogP contribution in [0.25, 0.3) is 28.2 Å². The Balaban J connectivity index is 1.44. The van der Waals surface area contributed by atoms with Crippen molar-refractivity contribution in [3.8, 4) is 28.3 Å². The number of aliphatic hydroxyl groups excluding tert-OH is 1. The fourth-order valence-corrected chi connectivity index (χ4v) is 4.85. The number of carbonyl (C=O) groups excluding carboxylic acids is 1. The first-order chi connectivity index (χ1) is 18.6. The quantitative estimate of drug-likeness (QED) is 0.265. The summed E-state index contributed by atoms with van der Waals surface area (Å²) in [5, 5.41) is 10.5. The zero-order chi connectivity index (χ0) is 26.3. The van der Waals surface area contributed by atoms with E-state index in [1.54, 1.807) is 6.92 Å². The van der Waals surface area contributed by atoms with Gasteiger partial charge in [-0.1, -0.05) is 78.9 Å². The van der Waals surface area contributed by atoms with E-state index in [9.17, 15) is 9.90 Å². The molecule has 0 bridgehead atoms. The number of hydrogen-bond donors (Lipinski definition) is 1. The van der Waals surface area contributed by atoms with Crippen molar-refractivity contribution < 1.29 is 23.8 Å². The predicted molar refractivity (Wildman–Crippen MR) is 146 cm³/mol. The van der Waals surface area contributed by atoms with Crippen LogP contribution in [0.4, 0.5) is 0 Å². The molecule has 6 heteroatoms. The Bertz CT molecular complexity index is 1340. The van der Waals surface area contributed by atoms with Gasteiger partial charge in [-0.25, -0.2) is 9.78 Å². The average molecular weight is 510 g/mol. The van der Waals surface area contributed by atoms with Crippen molar-refractivity contribution in [3.05, 3.63) is 102 Å². The van der Waals surface area contributed by atoms with E-state index in [1.807, 2.05) is 84.9 Å². The number of hydrogen-bond acceptors (Lipinski definition) is 6. The van der Waals surface area contributed by atoms with Crippen molar-refractivity contribution in [1.82, 2.24) is 4.98 Å². The van der Waals surface area contributed by atoms with Crippen molar-refractivity contribution in [1.29, 1.82) is 0 Å². The summed E-state index contributed by atoms with van der Waals surface area (Å²) in [4.78, 5) is 16.7. The first-order valence-corrected chi connectivity index (χ1v) is 13.0. The molecule has 0 saturated carbocycles. The molecule has 5 rings (SSSR count). The maximum absolute atomic E-state index is 11.7. The van der Waals surface area contributed by atoms with E-state index >= 15 is 0 Å². The minimum atomic E-state index is -0.427. The van der Waals surface area contributed by atoms with Crippen LogP contribution in [-0.2, 0) is 16.0 Å². The van der Waals surface area contributed by atoms with Gasteiger partial charge < -0.3 is 19.0 Å². The molecule has 1 aliphatic rings. The molecule has 0 fully saturated rings. The Kier molecular flexibility index (Phi) is 8.00. The number of allylic oxidation sites excluding steroid dienone is 1. The molecule has 1 aromatic heterocycles. The summed E-state index contributed by atoms with van der Waals surface area (Å²) in [6.07, 6.45) is 3.45. The van der Waals surface area contributed by atoms with Crippen LogP contribution in [0.2, 0.25) is 0 Å². The molecule has 6 nitrogen and oxygen atoms in total. The van der Waals surface area contributed by atoms with Crippen molar-refractivity contribution in [2.45, 2.75) is 32.3 Å². The third-order valence-electron chi connectivity index (χ3n) is 6.61. The van der Waals surface area contributed by atoms with Gasteiger partial charge in [0.15, 0.2) is 12.4 Å². The van der Waals surface area contributed by atoms with E-state index in [4.69, 9.17) is 18.9 Å². The van der Waals surface area contributed by atoms with E-state index in [0.717, 1.165) is 33.7 Å². The van der Waals surface area contributed by atoms with Gasteiger partial charge in [-0.3, -0.25) is 0 Å². The molecule has 1 N–H and O–H groups in total. The highest BCUT2D eigenvalue weighted by Gasteiger charge is 2.29. The van der Waals surface area contributed by atoms with Gasteiger partial charge in [0, 0.05) is 16.7 Å². The van der Waals surface area contributed by atoms with Crippen LogP contribution in [0.5, 0.6) is 5.75 Å². The predicted octanol–water partition coefficient (Wildman–Crippen LogP) is 6.35. The molecule has 1 heterocycles. The highest BCUT2D eigenvalue weighted by Crippen LogP contribution is 2.40. The first-order valence-electron chi connectivity index (χ1n) is 13.0. The number of esters is 1. The van der Waals surface area contributed by atoms with Crippen molar-refractivity contribution in [2.75, 3.05) is 13.2 Å². The Morgan fingerprint density at radius 1 is 1.00 bits per heavy atom. The van der Waals surface area contributed by atoms with Gasteiger partial charge in [0.05, 0.1) is 12.7 Å². The van der Waals surface area contributed by atoms with Gasteiger partial charge in [-0.15, -0.1) is 0 Å². The van der Waals surface area contributed by atoms with Crippen LogP contribution >= 0.6 is 0 Å². The van der Waals surface area contributed by atoms with Crippen LogP contribution in [-0.4, -0.2) is 35.4 Å². The molecule has 0 unspecified atom stereocenters. The topological polar surface area (TPSA) is 81.8 Å². The molecule has 0 spiro atoms. The molecule has 0 aliphatic heterocycles. The number of rotatable bonds is 9. The Labute approximate surface area is 222 Å². The molecule has 38 heavy (non-hydrogen) atoms. The largest absolute Gasteiger partial charge is 0.482 e. The summed E-state index contributed by atoms with van der Waals surface area (Å²) in [5.41, 5.74) is 4.78. The molecule has 194 valence electrons. The lowest BCUT2D eigenvalue weighted by Crippen LogP contribution is -2.21. The number of ether oxygens (including phenoxy) is 2. The van der Waals surface area contributed by atoms with Gasteiger partial charge in [0.25, 0.3) is 0 Å². The molecule has 1 aliphatic carbocycles. The third kappa shape index (κ3) is 6.03. The summed E-state index contributed by atoms with van der Waals surface area (Å²) in [6.45, 7) is 1.95. The SMILES string of the molecule is CCOC(=O)COc1cccc(C[C@@H]2C[C@@H](O)CC=C2c2nc(-c3ccccc3)c(-c3ccccc3)o2)c1. The van der Waals surface area contributed by atoms with E-state index < -0.39 is 12.1 Å². The maximum Gasteiger partial charge on any atom is 0.344 e. The van der Waals surface area contributed by atoms with E-state index in [1.165, 1.54) is 0 Å². The van der Waals surface area contributed by atoms with Crippen molar-refractivity contribution >= 4 is 11.5 Å². The van der Waals surface area contributed by atoms with Crippen LogP contribution in [0.15, 0.2) is 95.4 Å². The summed E-state index contributed by atoms with van der Waals surface area (Å²) in [6, 6.07) is 27.7.